The summed E-state index contributed by atoms with van der Waals surface area (Å²) in [5.41, 5.74) is 2.93. The van der Waals surface area contributed by atoms with E-state index >= 15 is 0 Å². The van der Waals surface area contributed by atoms with E-state index in [-0.39, 0.29) is 61.0 Å². The quantitative estimate of drug-likeness (QED) is 0.142. The van der Waals surface area contributed by atoms with Gasteiger partial charge in [0, 0.05) is 63.2 Å². The van der Waals surface area contributed by atoms with Gasteiger partial charge in [-0.1, -0.05) is 44.6 Å². The first-order valence-electron chi connectivity index (χ1n) is 23.9. The number of fused-ring (bicyclic) bond motifs is 4. The van der Waals surface area contributed by atoms with E-state index in [1.165, 1.54) is 4.90 Å². The molecule has 1 amide bonds. The molecular formula is C52H74N2O11. The molecule has 13 heteroatoms. The highest BCUT2D eigenvalue weighted by atomic mass is 16.7. The molecule has 0 radical (unpaired) electrons. The Hall–Kier alpha value is -4.14. The lowest BCUT2D eigenvalue weighted by Gasteiger charge is -2.47. The van der Waals surface area contributed by atoms with Gasteiger partial charge in [-0.3, -0.25) is 14.4 Å². The summed E-state index contributed by atoms with van der Waals surface area (Å²) in [6, 6.07) is 6.97. The number of nitrogens with zero attached hydrogens (tertiary/aromatic N) is 1. The fourth-order valence-electron chi connectivity index (χ4n) is 10.8. The summed E-state index contributed by atoms with van der Waals surface area (Å²) in [5.74, 6) is -5.63. The Morgan fingerprint density at radius 3 is 2.40 bits per heavy atom. The van der Waals surface area contributed by atoms with Crippen LogP contribution >= 0.6 is 0 Å². The van der Waals surface area contributed by atoms with Crippen LogP contribution in [0, 0.1) is 29.6 Å². The number of ether oxygens (including phenoxy) is 6. The maximum absolute atomic E-state index is 14.5. The Kier molecular flexibility index (Phi) is 17.5. The minimum absolute atomic E-state index is 0.0603. The third-order valence-corrected chi connectivity index (χ3v) is 14.5. The number of amides is 1. The van der Waals surface area contributed by atoms with Crippen molar-refractivity contribution < 1.29 is 52.7 Å². The van der Waals surface area contributed by atoms with E-state index in [1.54, 1.807) is 34.3 Å². The first-order valence-corrected chi connectivity index (χ1v) is 23.9. The largest absolute Gasteiger partial charge is 0.488 e. The summed E-state index contributed by atoms with van der Waals surface area (Å²) < 4.78 is 37.1. The second-order valence-corrected chi connectivity index (χ2v) is 19.5. The zero-order valence-corrected chi connectivity index (χ0v) is 39.9. The Balaban J connectivity index is 1.29. The molecule has 2 bridgehead atoms. The van der Waals surface area contributed by atoms with E-state index in [0.717, 1.165) is 40.6 Å². The number of nitrogens with one attached hydrogen (secondary N) is 1. The normalized spacial score (nSPS) is 35.4. The van der Waals surface area contributed by atoms with Gasteiger partial charge in [-0.15, -0.1) is 6.58 Å². The van der Waals surface area contributed by atoms with Crippen molar-refractivity contribution in [2.45, 2.75) is 160 Å². The second-order valence-electron chi connectivity index (χ2n) is 19.5. The van der Waals surface area contributed by atoms with Gasteiger partial charge >= 0.3 is 5.97 Å². The highest BCUT2D eigenvalue weighted by Gasteiger charge is 2.56. The van der Waals surface area contributed by atoms with Crippen LogP contribution in [0.4, 0.5) is 0 Å². The molecule has 6 rings (SSSR count). The SMILES string of the molecule is C=CCC1C=C(C)CC(C)CC(OC)C2OC(O)(C(=O)C(=O)N3CCCCC3C(=O)OC(C(C)=CC3CCC(Oc4ccc5[nH]ccc5c4)C(OC)C3)C(C)CCC1=O)C(C)CC2OC. The molecule has 13 nitrogen and oxygen atoms in total. The highest BCUT2D eigenvalue weighted by Crippen LogP contribution is 2.40. The average Bonchev–Trinajstić information content (AvgIpc) is 3.77. The van der Waals surface area contributed by atoms with Gasteiger partial charge in [-0.05, 0) is 132 Å². The maximum atomic E-state index is 14.5. The molecule has 1 aromatic carbocycles. The van der Waals surface area contributed by atoms with Crippen molar-refractivity contribution in [2.24, 2.45) is 29.6 Å². The molecule has 2 saturated heterocycles. The minimum atomic E-state index is -2.48. The average molecular weight is 903 g/mol. The minimum Gasteiger partial charge on any atom is -0.488 e. The molecule has 2 aromatic rings. The summed E-state index contributed by atoms with van der Waals surface area (Å²) >= 11 is 0. The lowest BCUT2D eigenvalue weighted by Crippen LogP contribution is -2.64. The third-order valence-electron chi connectivity index (χ3n) is 14.5. The molecule has 13 atom stereocenters. The van der Waals surface area contributed by atoms with Crippen LogP contribution in [0.1, 0.15) is 112 Å². The Labute approximate surface area is 385 Å². The monoisotopic (exact) mass is 903 g/mol. The van der Waals surface area contributed by atoms with Crippen molar-refractivity contribution in [2.75, 3.05) is 27.9 Å². The van der Waals surface area contributed by atoms with Gasteiger partial charge in [0.05, 0.1) is 18.3 Å². The van der Waals surface area contributed by atoms with Gasteiger partial charge in [-0.25, -0.2) is 4.79 Å². The van der Waals surface area contributed by atoms with Crippen molar-refractivity contribution in [3.63, 3.8) is 0 Å². The van der Waals surface area contributed by atoms with Crippen molar-refractivity contribution >= 4 is 34.3 Å². The fourth-order valence-corrected chi connectivity index (χ4v) is 10.8. The molecular weight excluding hydrogens is 829 g/mol. The molecule has 4 heterocycles. The zero-order valence-electron chi connectivity index (χ0n) is 39.9. The van der Waals surface area contributed by atoms with E-state index < -0.39 is 59.8 Å². The topological polar surface area (TPSA) is 163 Å². The second kappa shape index (κ2) is 22.6. The third kappa shape index (κ3) is 11.9. The van der Waals surface area contributed by atoms with Crippen LogP contribution in [-0.2, 0) is 42.9 Å². The van der Waals surface area contributed by atoms with Crippen LogP contribution in [0.3, 0.4) is 0 Å². The number of hydrogen-bond acceptors (Lipinski definition) is 11. The molecule has 1 aromatic heterocycles. The number of cyclic esters (lactones) is 1. The Morgan fingerprint density at radius 1 is 0.938 bits per heavy atom. The van der Waals surface area contributed by atoms with Gasteiger partial charge in [0.15, 0.2) is 0 Å². The highest BCUT2D eigenvalue weighted by molar-refractivity contribution is 6.39. The summed E-state index contributed by atoms with van der Waals surface area (Å²) in [4.78, 5) is 61.8. The standard InChI is InChI=1S/C52H74N2O11/c1-10-13-38-25-31(2)24-32(3)26-45(61-8)48-46(62-9)28-35(6)52(59,65-48)49(56)50(57)54-23-12-11-14-41(54)51(58)64-47(33(4)15-19-42(38)55)34(5)27-36-16-20-43(44(29-36)60-7)63-39-17-18-40-37(30-39)21-22-53-40/h10,17-18,21-22,25,27,30,32-33,35-36,38,41,43-48,53,59H,1,11-16,19-20,23-24,26,28-29H2,2-9H3. The fraction of sp³-hybridized carbons (Fsp3) is 0.654. The summed E-state index contributed by atoms with van der Waals surface area (Å²) in [5, 5.41) is 13.2. The Morgan fingerprint density at radius 2 is 1.68 bits per heavy atom. The number of carbonyl (C=O) groups excluding carboxylic acids is 4. The van der Waals surface area contributed by atoms with E-state index in [4.69, 9.17) is 28.4 Å². The van der Waals surface area contributed by atoms with Crippen molar-refractivity contribution in [1.29, 1.82) is 0 Å². The van der Waals surface area contributed by atoms with Crippen LogP contribution in [0.25, 0.3) is 10.9 Å². The van der Waals surface area contributed by atoms with Gasteiger partial charge in [0.1, 0.15) is 35.9 Å². The van der Waals surface area contributed by atoms with Crippen LogP contribution in [0.15, 0.2) is 66.4 Å². The number of benzene rings is 1. The van der Waals surface area contributed by atoms with Crippen LogP contribution < -0.4 is 4.74 Å². The number of Topliss-reactive ketones (excluding diaryl/α,β-unsaturated/α-hetero) is 2. The number of hydrogen-bond donors (Lipinski definition) is 2. The molecule has 13 unspecified atom stereocenters. The molecule has 65 heavy (non-hydrogen) atoms. The number of rotatable bonds is 9. The van der Waals surface area contributed by atoms with Gasteiger partial charge in [-0.2, -0.15) is 0 Å². The lowest BCUT2D eigenvalue weighted by molar-refractivity contribution is -0.302. The van der Waals surface area contributed by atoms with Crippen molar-refractivity contribution in [1.82, 2.24) is 9.88 Å². The van der Waals surface area contributed by atoms with E-state index in [1.807, 2.05) is 57.3 Å². The van der Waals surface area contributed by atoms with Crippen molar-refractivity contribution in [3.05, 3.63) is 66.4 Å². The number of methoxy groups -OCH3 is 3. The number of aromatic amines is 1. The number of esters is 1. The summed E-state index contributed by atoms with van der Waals surface area (Å²) in [7, 11) is 4.81. The zero-order chi connectivity index (χ0) is 47.0. The van der Waals surface area contributed by atoms with Crippen LogP contribution in [0.2, 0.25) is 0 Å². The Bertz CT molecular complexity index is 2040. The molecule has 358 valence electrons. The number of aromatic nitrogens is 1. The number of piperidine rings is 1. The number of H-pyrrole nitrogens is 1. The number of ketones is 2. The van der Waals surface area contributed by atoms with E-state index in [9.17, 15) is 24.3 Å². The van der Waals surface area contributed by atoms with E-state index in [2.05, 4.69) is 24.6 Å². The predicted octanol–water partition coefficient (Wildman–Crippen LogP) is 8.24. The summed E-state index contributed by atoms with van der Waals surface area (Å²) in [6.07, 6.45) is 11.2. The molecule has 3 aliphatic heterocycles. The molecule has 1 aliphatic carbocycles. The van der Waals surface area contributed by atoms with Crippen LogP contribution in [0.5, 0.6) is 5.75 Å². The van der Waals surface area contributed by atoms with E-state index in [0.29, 0.717) is 51.4 Å². The lowest BCUT2D eigenvalue weighted by atomic mass is 9.82. The molecule has 4 aliphatic rings. The smallest absolute Gasteiger partial charge is 0.329 e. The van der Waals surface area contributed by atoms with Gasteiger partial charge < -0.3 is 43.4 Å². The van der Waals surface area contributed by atoms with Crippen LogP contribution in [-0.4, -0.2) is 115 Å². The first-order chi connectivity index (χ1) is 31.1. The van der Waals surface area contributed by atoms with Gasteiger partial charge in [0.2, 0.25) is 5.79 Å². The molecule has 0 spiro atoms. The number of carbonyl (C=O) groups is 4. The molecule has 3 fully saturated rings. The summed E-state index contributed by atoms with van der Waals surface area (Å²) in [6.45, 7) is 13.8. The van der Waals surface area contributed by atoms with Gasteiger partial charge in [0.25, 0.3) is 11.7 Å². The van der Waals surface area contributed by atoms with Crippen molar-refractivity contribution in [3.8, 4) is 5.75 Å². The first kappa shape index (κ1) is 50.3. The molecule has 2 N–H and O–H groups in total. The number of allylic oxidation sites excluding steroid dienone is 4. The predicted molar refractivity (Wildman–Crippen MR) is 248 cm³/mol. The number of aliphatic hydroxyl groups is 1. The molecule has 1 saturated carbocycles. The maximum Gasteiger partial charge on any atom is 0.329 e.